The van der Waals surface area contributed by atoms with Crippen LogP contribution >= 0.6 is 0 Å². The Hall–Kier alpha value is -5.59. The summed E-state index contributed by atoms with van der Waals surface area (Å²) in [7, 11) is 1.35. The van der Waals surface area contributed by atoms with Crippen LogP contribution in [0.4, 0.5) is 10.5 Å². The number of aromatic amines is 1. The van der Waals surface area contributed by atoms with E-state index in [-0.39, 0.29) is 30.1 Å². The van der Waals surface area contributed by atoms with Gasteiger partial charge in [0.2, 0.25) is 17.6 Å². The second-order valence-corrected chi connectivity index (χ2v) is 13.4. The number of benzene rings is 3. The molecular weight excluding hydrogens is 638 g/mol. The molecular formula is C37H43N7O6. The molecule has 13 nitrogen and oxygen atoms in total. The molecule has 1 fully saturated rings. The lowest BCUT2D eigenvalue weighted by molar-refractivity contribution is -0.130. The number of ether oxygens (including phenoxy) is 2. The average molecular weight is 682 g/mol. The monoisotopic (exact) mass is 681 g/mol. The van der Waals surface area contributed by atoms with Crippen molar-refractivity contribution in [1.82, 2.24) is 31.3 Å². The minimum absolute atomic E-state index is 0.174. The van der Waals surface area contributed by atoms with E-state index in [0.29, 0.717) is 36.5 Å². The molecule has 3 amide bonds. The number of esters is 1. The third kappa shape index (κ3) is 9.97. The van der Waals surface area contributed by atoms with Gasteiger partial charge in [-0.15, -0.1) is 10.2 Å². The first-order chi connectivity index (χ1) is 24.0. The fourth-order valence-electron chi connectivity index (χ4n) is 5.90. The van der Waals surface area contributed by atoms with Crippen LogP contribution in [0.15, 0.2) is 72.8 Å². The number of alkyl carbamates (subject to hydrolysis) is 1. The second-order valence-electron chi connectivity index (χ2n) is 13.4. The molecule has 0 bridgehead atoms. The number of aromatic nitrogens is 4. The Morgan fingerprint density at radius 3 is 2.24 bits per heavy atom. The van der Waals surface area contributed by atoms with Crippen LogP contribution in [-0.2, 0) is 25.5 Å². The largest absolute Gasteiger partial charge is 0.465 e. The first kappa shape index (κ1) is 35.7. The lowest BCUT2D eigenvalue weighted by Gasteiger charge is -2.29. The summed E-state index contributed by atoms with van der Waals surface area (Å²) in [5.41, 5.74) is 3.76. The van der Waals surface area contributed by atoms with Gasteiger partial charge >= 0.3 is 12.1 Å². The number of anilines is 1. The molecule has 1 heterocycles. The van der Waals surface area contributed by atoms with E-state index in [2.05, 4.69) is 36.6 Å². The van der Waals surface area contributed by atoms with Crippen LogP contribution in [0.5, 0.6) is 0 Å². The van der Waals surface area contributed by atoms with Crippen LogP contribution in [0.1, 0.15) is 62.4 Å². The van der Waals surface area contributed by atoms with Crippen LogP contribution < -0.4 is 16.0 Å². The zero-order chi connectivity index (χ0) is 35.7. The molecule has 262 valence electrons. The molecule has 1 aliphatic rings. The zero-order valence-corrected chi connectivity index (χ0v) is 28.7. The Labute approximate surface area is 290 Å². The van der Waals surface area contributed by atoms with Gasteiger partial charge in [-0.2, -0.15) is 5.21 Å². The van der Waals surface area contributed by atoms with Gasteiger partial charge in [0, 0.05) is 30.1 Å². The maximum Gasteiger partial charge on any atom is 0.407 e. The highest BCUT2D eigenvalue weighted by molar-refractivity contribution is 5.98. The zero-order valence-electron chi connectivity index (χ0n) is 28.7. The van der Waals surface area contributed by atoms with E-state index in [4.69, 9.17) is 9.47 Å². The first-order valence-electron chi connectivity index (χ1n) is 16.7. The molecule has 3 aromatic carbocycles. The standard InChI is InChI=1S/C37H43N7O6/c1-37(2,3)50-36(48)38-22-24-10-14-27(15-11-24)33(45)40-31(34(46)39-30-18-16-26(17-19-30)32-41-43-44-42-32)20-23-8-12-25(13-9-23)28-6-5-7-29(21-28)35(47)49-4/h5-9,12-13,16-19,21,24,27,31H,10-11,14-15,20,22H2,1-4H3,(H,38,48)(H,39,46)(H,40,45)(H,41,42,43,44)/t24?,27?,31-/m0/s1. The molecule has 0 saturated heterocycles. The lowest BCUT2D eigenvalue weighted by atomic mass is 9.81. The summed E-state index contributed by atoms with van der Waals surface area (Å²) >= 11 is 0. The summed E-state index contributed by atoms with van der Waals surface area (Å²) in [5.74, 6) is -0.509. The minimum Gasteiger partial charge on any atom is -0.465 e. The average Bonchev–Trinajstić information content (AvgIpc) is 3.66. The van der Waals surface area contributed by atoms with E-state index < -0.39 is 23.7 Å². The Morgan fingerprint density at radius 1 is 0.900 bits per heavy atom. The van der Waals surface area contributed by atoms with E-state index in [1.54, 1.807) is 42.5 Å². The molecule has 4 aromatic rings. The van der Waals surface area contributed by atoms with Gasteiger partial charge in [0.15, 0.2) is 0 Å². The van der Waals surface area contributed by atoms with Crippen LogP contribution in [0.25, 0.3) is 22.5 Å². The Morgan fingerprint density at radius 2 is 1.60 bits per heavy atom. The third-order valence-electron chi connectivity index (χ3n) is 8.55. The second kappa shape index (κ2) is 16.2. The number of carbonyl (C=O) groups excluding carboxylic acids is 4. The normalized spacial score (nSPS) is 16.5. The van der Waals surface area contributed by atoms with Crippen molar-refractivity contribution >= 4 is 29.6 Å². The number of hydrogen-bond acceptors (Lipinski definition) is 9. The van der Waals surface area contributed by atoms with Crippen molar-refractivity contribution in [2.24, 2.45) is 11.8 Å². The topological polar surface area (TPSA) is 177 Å². The molecule has 50 heavy (non-hydrogen) atoms. The number of amides is 3. The number of nitrogens with zero attached hydrogens (tertiary/aromatic N) is 3. The van der Waals surface area contributed by atoms with Crippen LogP contribution in [0, 0.1) is 11.8 Å². The summed E-state index contributed by atoms with van der Waals surface area (Å²) < 4.78 is 10.2. The van der Waals surface area contributed by atoms with Gasteiger partial charge in [-0.25, -0.2) is 9.59 Å². The summed E-state index contributed by atoms with van der Waals surface area (Å²) in [6, 6.07) is 21.0. The van der Waals surface area contributed by atoms with Gasteiger partial charge in [-0.05, 0) is 111 Å². The quantitative estimate of drug-likeness (QED) is 0.153. The molecule has 1 aliphatic carbocycles. The molecule has 1 atom stereocenters. The molecule has 1 aromatic heterocycles. The van der Waals surface area contributed by atoms with E-state index in [9.17, 15) is 19.2 Å². The van der Waals surface area contributed by atoms with Gasteiger partial charge in [-0.3, -0.25) is 9.59 Å². The molecule has 13 heteroatoms. The highest BCUT2D eigenvalue weighted by atomic mass is 16.6. The van der Waals surface area contributed by atoms with Crippen molar-refractivity contribution in [2.75, 3.05) is 19.0 Å². The maximum atomic E-state index is 13.7. The highest BCUT2D eigenvalue weighted by Crippen LogP contribution is 2.29. The van der Waals surface area contributed by atoms with Gasteiger partial charge in [0.25, 0.3) is 0 Å². The van der Waals surface area contributed by atoms with Crippen LogP contribution in [-0.4, -0.2) is 69.8 Å². The predicted molar refractivity (Wildman–Crippen MR) is 187 cm³/mol. The van der Waals surface area contributed by atoms with Gasteiger partial charge in [-0.1, -0.05) is 36.4 Å². The molecule has 0 aliphatic heterocycles. The molecule has 1 saturated carbocycles. The van der Waals surface area contributed by atoms with Crippen molar-refractivity contribution < 1.29 is 28.7 Å². The third-order valence-corrected chi connectivity index (χ3v) is 8.55. The molecule has 0 radical (unpaired) electrons. The van der Waals surface area contributed by atoms with Crippen molar-refractivity contribution in [3.05, 3.63) is 83.9 Å². The van der Waals surface area contributed by atoms with E-state index in [0.717, 1.165) is 35.1 Å². The Bertz CT molecular complexity index is 1760. The molecule has 0 spiro atoms. The Balaban J connectivity index is 1.25. The lowest BCUT2D eigenvalue weighted by Crippen LogP contribution is -2.48. The van der Waals surface area contributed by atoms with Crippen LogP contribution in [0.3, 0.4) is 0 Å². The van der Waals surface area contributed by atoms with E-state index >= 15 is 0 Å². The SMILES string of the molecule is COC(=O)c1cccc(-c2ccc(C[C@H](NC(=O)C3CCC(CNC(=O)OC(C)(C)C)CC3)C(=O)Nc3ccc(-c4nn[nH]n4)cc3)cc2)c1. The fourth-order valence-corrected chi connectivity index (χ4v) is 5.90. The number of H-pyrrole nitrogens is 1. The molecule has 5 rings (SSSR count). The fraction of sp³-hybridized carbons (Fsp3) is 0.378. The highest BCUT2D eigenvalue weighted by Gasteiger charge is 2.30. The number of nitrogens with one attached hydrogen (secondary N) is 4. The summed E-state index contributed by atoms with van der Waals surface area (Å²) in [4.78, 5) is 51.4. The van der Waals surface area contributed by atoms with Gasteiger partial charge < -0.3 is 25.4 Å². The summed E-state index contributed by atoms with van der Waals surface area (Å²) in [5, 5.41) is 22.8. The Kier molecular flexibility index (Phi) is 11.6. The van der Waals surface area contributed by atoms with Crippen LogP contribution in [0.2, 0.25) is 0 Å². The predicted octanol–water partition coefficient (Wildman–Crippen LogP) is 5.32. The maximum absolute atomic E-state index is 13.7. The summed E-state index contributed by atoms with van der Waals surface area (Å²) in [6.07, 6.45) is 2.66. The van der Waals surface area contributed by atoms with Crippen molar-refractivity contribution in [1.29, 1.82) is 0 Å². The summed E-state index contributed by atoms with van der Waals surface area (Å²) in [6.45, 7) is 5.95. The smallest absolute Gasteiger partial charge is 0.407 e. The number of carbonyl (C=O) groups is 4. The van der Waals surface area contributed by atoms with E-state index in [1.165, 1.54) is 7.11 Å². The van der Waals surface area contributed by atoms with Crippen molar-refractivity contribution in [2.45, 2.75) is 64.5 Å². The number of rotatable bonds is 11. The first-order valence-corrected chi connectivity index (χ1v) is 16.7. The van der Waals surface area contributed by atoms with Crippen molar-refractivity contribution in [3.63, 3.8) is 0 Å². The molecule has 0 unspecified atom stereocenters. The molecule has 4 N–H and O–H groups in total. The van der Waals surface area contributed by atoms with Gasteiger partial charge in [0.05, 0.1) is 12.7 Å². The van der Waals surface area contributed by atoms with E-state index in [1.807, 2.05) is 51.1 Å². The number of methoxy groups -OCH3 is 1. The van der Waals surface area contributed by atoms with Gasteiger partial charge in [0.1, 0.15) is 11.6 Å². The van der Waals surface area contributed by atoms with Crippen molar-refractivity contribution in [3.8, 4) is 22.5 Å². The minimum atomic E-state index is -0.848. The number of tetrazole rings is 1. The number of hydrogen-bond donors (Lipinski definition) is 4.